The topological polar surface area (TPSA) is 55.1 Å². The quantitative estimate of drug-likeness (QED) is 0.756. The molecule has 0 saturated carbocycles. The summed E-state index contributed by atoms with van der Waals surface area (Å²) in [5, 5.41) is 2.82. The first kappa shape index (κ1) is 13.3. The predicted molar refractivity (Wildman–Crippen MR) is 69.3 cm³/mol. The Kier molecular flexibility index (Phi) is 5.25. The maximum Gasteiger partial charge on any atom is 0.252 e. The first-order chi connectivity index (χ1) is 8.21. The number of hydrogen-bond acceptors (Lipinski definition) is 2. The van der Waals surface area contributed by atoms with Crippen molar-refractivity contribution in [2.75, 3.05) is 0 Å². The summed E-state index contributed by atoms with van der Waals surface area (Å²) in [4.78, 5) is 11.9. The van der Waals surface area contributed by atoms with Crippen LogP contribution >= 0.6 is 0 Å². The van der Waals surface area contributed by atoms with Gasteiger partial charge in [0.15, 0.2) is 0 Å². The summed E-state index contributed by atoms with van der Waals surface area (Å²) >= 11 is 0. The molecular weight excluding hydrogens is 212 g/mol. The van der Waals surface area contributed by atoms with Gasteiger partial charge in [-0.25, -0.2) is 0 Å². The molecule has 1 rings (SSSR count). The van der Waals surface area contributed by atoms with Crippen LogP contribution in [0.25, 0.3) is 0 Å². The minimum Gasteiger partial charge on any atom is -0.338 e. The summed E-state index contributed by atoms with van der Waals surface area (Å²) in [5.41, 5.74) is 7.10. The minimum absolute atomic E-state index is 0.134. The molecule has 0 radical (unpaired) electrons. The summed E-state index contributed by atoms with van der Waals surface area (Å²) in [6.07, 6.45) is 7.09. The molecule has 0 saturated heterocycles. The van der Waals surface area contributed by atoms with Crippen LogP contribution in [0.15, 0.2) is 24.3 Å². The fraction of sp³-hybridized carbons (Fsp3) is 0.357. The first-order valence-corrected chi connectivity index (χ1v) is 5.77. The van der Waals surface area contributed by atoms with Gasteiger partial charge in [-0.05, 0) is 24.1 Å². The van der Waals surface area contributed by atoms with Gasteiger partial charge in [0.2, 0.25) is 0 Å². The largest absolute Gasteiger partial charge is 0.338 e. The Labute approximate surface area is 102 Å². The zero-order valence-corrected chi connectivity index (χ0v) is 10.1. The van der Waals surface area contributed by atoms with Crippen LogP contribution in [0.4, 0.5) is 0 Å². The Hall–Kier alpha value is -1.79. The molecule has 3 heteroatoms. The Morgan fingerprint density at radius 1 is 1.47 bits per heavy atom. The van der Waals surface area contributed by atoms with Gasteiger partial charge in [-0.1, -0.05) is 31.4 Å². The maximum absolute atomic E-state index is 11.9. The summed E-state index contributed by atoms with van der Waals surface area (Å²) in [6, 6.07) is 7.02. The van der Waals surface area contributed by atoms with Gasteiger partial charge < -0.3 is 11.1 Å². The number of nitrogens with one attached hydrogen (secondary N) is 1. The van der Waals surface area contributed by atoms with Crippen molar-refractivity contribution in [1.29, 1.82) is 0 Å². The van der Waals surface area contributed by atoms with E-state index in [9.17, 15) is 4.79 Å². The van der Waals surface area contributed by atoms with Crippen molar-refractivity contribution in [3.05, 3.63) is 35.4 Å². The van der Waals surface area contributed by atoms with Crippen molar-refractivity contribution in [1.82, 2.24) is 5.32 Å². The number of rotatable bonds is 5. The molecule has 17 heavy (non-hydrogen) atoms. The minimum atomic E-state index is -0.193. The van der Waals surface area contributed by atoms with Crippen LogP contribution in [0.3, 0.4) is 0 Å². The molecule has 0 aliphatic rings. The van der Waals surface area contributed by atoms with Crippen molar-refractivity contribution in [2.45, 2.75) is 32.4 Å². The molecule has 0 fully saturated rings. The number of amides is 1. The number of benzene rings is 1. The fourth-order valence-corrected chi connectivity index (χ4v) is 1.52. The highest BCUT2D eigenvalue weighted by Gasteiger charge is 2.10. The van der Waals surface area contributed by atoms with E-state index in [1.165, 1.54) is 0 Å². The second-order valence-corrected chi connectivity index (χ2v) is 3.88. The maximum atomic E-state index is 11.9. The highest BCUT2D eigenvalue weighted by Crippen LogP contribution is 2.05. The summed E-state index contributed by atoms with van der Waals surface area (Å²) < 4.78 is 0. The SMILES string of the molecule is C#CC(CCC)NC(=O)c1ccc(CN)cc1. The molecule has 0 aliphatic heterocycles. The van der Waals surface area contributed by atoms with Gasteiger partial charge >= 0.3 is 0 Å². The van der Waals surface area contributed by atoms with Gasteiger partial charge in [0.1, 0.15) is 0 Å². The highest BCUT2D eigenvalue weighted by molar-refractivity contribution is 5.94. The van der Waals surface area contributed by atoms with E-state index in [2.05, 4.69) is 11.2 Å². The predicted octanol–water partition coefficient (Wildman–Crippen LogP) is 1.68. The van der Waals surface area contributed by atoms with Crippen molar-refractivity contribution < 1.29 is 4.79 Å². The summed E-state index contributed by atoms with van der Waals surface area (Å²) in [5.74, 6) is 2.44. The van der Waals surface area contributed by atoms with Crippen molar-refractivity contribution in [3.8, 4) is 12.3 Å². The number of carbonyl (C=O) groups excluding carboxylic acids is 1. The van der Waals surface area contributed by atoms with Crippen LogP contribution in [0.5, 0.6) is 0 Å². The normalized spacial score (nSPS) is 11.6. The number of nitrogens with two attached hydrogens (primary N) is 1. The summed E-state index contributed by atoms with van der Waals surface area (Å²) in [7, 11) is 0. The molecule has 3 nitrogen and oxygen atoms in total. The third-order valence-electron chi connectivity index (χ3n) is 2.54. The van der Waals surface area contributed by atoms with Crippen molar-refractivity contribution in [3.63, 3.8) is 0 Å². The van der Waals surface area contributed by atoms with Gasteiger partial charge in [-0.2, -0.15) is 0 Å². The molecule has 1 aromatic carbocycles. The zero-order valence-electron chi connectivity index (χ0n) is 10.1. The molecule has 0 heterocycles. The lowest BCUT2D eigenvalue weighted by Gasteiger charge is -2.12. The molecule has 3 N–H and O–H groups in total. The summed E-state index contributed by atoms with van der Waals surface area (Å²) in [6.45, 7) is 2.51. The van der Waals surface area contributed by atoms with Crippen LogP contribution in [0.2, 0.25) is 0 Å². The molecular formula is C14H18N2O. The molecule has 1 atom stereocenters. The van der Waals surface area contributed by atoms with E-state index >= 15 is 0 Å². The van der Waals surface area contributed by atoms with Crippen LogP contribution in [0.1, 0.15) is 35.7 Å². The molecule has 1 aromatic rings. The van der Waals surface area contributed by atoms with E-state index in [4.69, 9.17) is 12.2 Å². The molecule has 0 bridgehead atoms. The smallest absolute Gasteiger partial charge is 0.252 e. The molecule has 0 aliphatic carbocycles. The fourth-order valence-electron chi connectivity index (χ4n) is 1.52. The lowest BCUT2D eigenvalue weighted by atomic mass is 10.1. The third kappa shape index (κ3) is 3.93. The van der Waals surface area contributed by atoms with E-state index < -0.39 is 0 Å². The second-order valence-electron chi connectivity index (χ2n) is 3.88. The monoisotopic (exact) mass is 230 g/mol. The van der Waals surface area contributed by atoms with Crippen molar-refractivity contribution in [2.24, 2.45) is 5.73 Å². The van der Waals surface area contributed by atoms with Gasteiger partial charge in [-0.3, -0.25) is 4.79 Å². The molecule has 0 spiro atoms. The molecule has 1 unspecified atom stereocenters. The zero-order chi connectivity index (χ0) is 12.7. The van der Waals surface area contributed by atoms with E-state index in [1.54, 1.807) is 12.1 Å². The number of carbonyl (C=O) groups is 1. The second kappa shape index (κ2) is 6.72. The van der Waals surface area contributed by atoms with E-state index in [1.807, 2.05) is 19.1 Å². The van der Waals surface area contributed by atoms with Crippen LogP contribution in [-0.4, -0.2) is 11.9 Å². The lowest BCUT2D eigenvalue weighted by molar-refractivity contribution is 0.0944. The highest BCUT2D eigenvalue weighted by atomic mass is 16.1. The van der Waals surface area contributed by atoms with Gasteiger partial charge in [0, 0.05) is 12.1 Å². The van der Waals surface area contributed by atoms with Crippen LogP contribution in [0, 0.1) is 12.3 Å². The van der Waals surface area contributed by atoms with E-state index in [0.29, 0.717) is 12.1 Å². The van der Waals surface area contributed by atoms with Gasteiger partial charge in [-0.15, -0.1) is 6.42 Å². The average Bonchev–Trinajstić information content (AvgIpc) is 2.38. The lowest BCUT2D eigenvalue weighted by Crippen LogP contribution is -2.33. The Morgan fingerprint density at radius 2 is 2.12 bits per heavy atom. The standard InChI is InChI=1S/C14H18N2O/c1-3-5-13(4-2)16-14(17)12-8-6-11(10-15)7-9-12/h2,6-9,13H,3,5,10,15H2,1H3,(H,16,17). The van der Waals surface area contributed by atoms with Crippen molar-refractivity contribution >= 4 is 5.91 Å². The third-order valence-corrected chi connectivity index (χ3v) is 2.54. The Morgan fingerprint density at radius 3 is 2.59 bits per heavy atom. The van der Waals surface area contributed by atoms with Gasteiger partial charge in [0.05, 0.1) is 6.04 Å². The first-order valence-electron chi connectivity index (χ1n) is 5.77. The molecule has 1 amide bonds. The van der Waals surface area contributed by atoms with Gasteiger partial charge in [0.25, 0.3) is 5.91 Å². The van der Waals surface area contributed by atoms with E-state index in [-0.39, 0.29) is 11.9 Å². The Bertz CT molecular complexity index is 403. The average molecular weight is 230 g/mol. The number of terminal acetylenes is 1. The Balaban J connectivity index is 2.66. The number of hydrogen-bond donors (Lipinski definition) is 2. The molecule has 0 aromatic heterocycles. The van der Waals surface area contributed by atoms with E-state index in [0.717, 1.165) is 18.4 Å². The van der Waals surface area contributed by atoms with Crippen LogP contribution in [-0.2, 0) is 6.54 Å². The van der Waals surface area contributed by atoms with Crippen LogP contribution < -0.4 is 11.1 Å². The molecule has 90 valence electrons.